The van der Waals surface area contributed by atoms with E-state index in [2.05, 4.69) is 34.7 Å². The van der Waals surface area contributed by atoms with E-state index in [1.807, 2.05) is 17.0 Å². The van der Waals surface area contributed by atoms with Crippen molar-refractivity contribution in [2.45, 2.75) is 25.4 Å². The smallest absolute Gasteiger partial charge is 0.246 e. The van der Waals surface area contributed by atoms with Crippen LogP contribution in [0.4, 0.5) is 0 Å². The molecule has 0 atom stereocenters. The fraction of sp³-hybridized carbons (Fsp3) is 0.261. The van der Waals surface area contributed by atoms with Crippen LogP contribution in [-0.4, -0.2) is 34.9 Å². The number of piperidine rings is 1. The van der Waals surface area contributed by atoms with Crippen LogP contribution in [0.15, 0.2) is 54.7 Å². The van der Waals surface area contributed by atoms with E-state index in [0.717, 1.165) is 38.0 Å². The number of carbonyl (C=O) groups excluding carboxylic acids is 1. The summed E-state index contributed by atoms with van der Waals surface area (Å²) < 4.78 is 0. The highest BCUT2D eigenvalue weighted by Gasteiger charge is 2.21. The number of hydrogen-bond acceptors (Lipinski definition) is 2. The third-order valence-electron chi connectivity index (χ3n) is 5.42. The molecule has 2 heterocycles. The SMILES string of the molecule is O=C(/C=C/c1ccc(Cl)c(Cl)c1)N1CCC(NCc2c[nH]c3ccccc23)CC1. The number of H-pyrrole nitrogens is 1. The number of aromatic amines is 1. The van der Waals surface area contributed by atoms with Gasteiger partial charge in [-0.1, -0.05) is 47.5 Å². The van der Waals surface area contributed by atoms with Crippen molar-refractivity contribution < 1.29 is 4.79 Å². The van der Waals surface area contributed by atoms with Crippen LogP contribution in [0.2, 0.25) is 10.0 Å². The van der Waals surface area contributed by atoms with Crippen molar-refractivity contribution in [3.63, 3.8) is 0 Å². The first-order valence-electron chi connectivity index (χ1n) is 9.80. The van der Waals surface area contributed by atoms with Gasteiger partial charge in [0.25, 0.3) is 0 Å². The molecular weight excluding hydrogens is 405 g/mol. The van der Waals surface area contributed by atoms with Crippen molar-refractivity contribution in [1.82, 2.24) is 15.2 Å². The van der Waals surface area contributed by atoms with E-state index < -0.39 is 0 Å². The molecule has 1 amide bonds. The molecule has 150 valence electrons. The number of hydrogen-bond donors (Lipinski definition) is 2. The molecule has 1 fully saturated rings. The highest BCUT2D eigenvalue weighted by molar-refractivity contribution is 6.42. The molecule has 6 heteroatoms. The predicted molar refractivity (Wildman–Crippen MR) is 120 cm³/mol. The third kappa shape index (κ3) is 4.84. The summed E-state index contributed by atoms with van der Waals surface area (Å²) in [5.41, 5.74) is 3.31. The number of likely N-dealkylation sites (tertiary alicyclic amines) is 1. The van der Waals surface area contributed by atoms with Crippen LogP contribution in [-0.2, 0) is 11.3 Å². The highest BCUT2D eigenvalue weighted by atomic mass is 35.5. The molecule has 29 heavy (non-hydrogen) atoms. The molecule has 2 N–H and O–H groups in total. The second-order valence-corrected chi connectivity index (χ2v) is 8.16. The lowest BCUT2D eigenvalue weighted by atomic mass is 10.0. The van der Waals surface area contributed by atoms with Gasteiger partial charge in [-0.25, -0.2) is 0 Å². The topological polar surface area (TPSA) is 48.1 Å². The molecule has 1 aliphatic rings. The number of rotatable bonds is 5. The summed E-state index contributed by atoms with van der Waals surface area (Å²) in [6.45, 7) is 2.35. The standard InChI is InChI=1S/C23H23Cl2N3O/c24-20-7-5-16(13-21(20)25)6-8-23(29)28-11-9-18(10-12-28)26-14-17-15-27-22-4-2-1-3-19(17)22/h1-8,13,15,18,26-27H,9-12,14H2/b8-6+. The molecule has 1 aliphatic heterocycles. The van der Waals surface area contributed by atoms with Gasteiger partial charge in [-0.3, -0.25) is 4.79 Å². The summed E-state index contributed by atoms with van der Waals surface area (Å²) in [5, 5.41) is 5.91. The lowest BCUT2D eigenvalue weighted by Crippen LogP contribution is -2.44. The summed E-state index contributed by atoms with van der Waals surface area (Å²) in [6, 6.07) is 14.1. The van der Waals surface area contributed by atoms with Gasteiger partial charge in [0.1, 0.15) is 0 Å². The van der Waals surface area contributed by atoms with Crippen LogP contribution in [0.5, 0.6) is 0 Å². The molecule has 0 saturated carbocycles. The van der Waals surface area contributed by atoms with Crippen LogP contribution < -0.4 is 5.32 Å². The molecule has 0 unspecified atom stereocenters. The Hall–Kier alpha value is -2.27. The van der Waals surface area contributed by atoms with Crippen molar-refractivity contribution >= 4 is 46.1 Å². The van der Waals surface area contributed by atoms with Gasteiger partial charge in [-0.2, -0.15) is 0 Å². The number of para-hydroxylation sites is 1. The summed E-state index contributed by atoms with van der Waals surface area (Å²) in [6.07, 6.45) is 7.37. The van der Waals surface area contributed by atoms with Crippen LogP contribution >= 0.6 is 23.2 Å². The number of fused-ring (bicyclic) bond motifs is 1. The van der Waals surface area contributed by atoms with E-state index in [9.17, 15) is 4.79 Å². The first-order valence-corrected chi connectivity index (χ1v) is 10.6. The Kier molecular flexibility index (Phi) is 6.24. The Morgan fingerprint density at radius 3 is 2.72 bits per heavy atom. The third-order valence-corrected chi connectivity index (χ3v) is 6.16. The van der Waals surface area contributed by atoms with Gasteiger partial charge in [0.2, 0.25) is 5.91 Å². The van der Waals surface area contributed by atoms with Crippen molar-refractivity contribution in [1.29, 1.82) is 0 Å². The second kappa shape index (κ2) is 9.04. The fourth-order valence-corrected chi connectivity index (χ4v) is 4.03. The maximum atomic E-state index is 12.5. The van der Waals surface area contributed by atoms with Crippen LogP contribution in [0.25, 0.3) is 17.0 Å². The van der Waals surface area contributed by atoms with E-state index in [1.54, 1.807) is 24.3 Å². The van der Waals surface area contributed by atoms with Crippen molar-refractivity contribution in [3.05, 3.63) is 75.9 Å². The number of amides is 1. The number of nitrogens with one attached hydrogen (secondary N) is 2. The molecule has 2 aromatic carbocycles. The first-order chi connectivity index (χ1) is 14.1. The van der Waals surface area contributed by atoms with E-state index in [0.29, 0.717) is 16.1 Å². The quantitative estimate of drug-likeness (QED) is 0.544. The molecule has 1 aromatic heterocycles. The summed E-state index contributed by atoms with van der Waals surface area (Å²) in [5.74, 6) is 0.0335. The zero-order valence-electron chi connectivity index (χ0n) is 16.0. The van der Waals surface area contributed by atoms with Gasteiger partial charge in [0, 0.05) is 48.9 Å². The van der Waals surface area contributed by atoms with Gasteiger partial charge in [0.05, 0.1) is 10.0 Å². The highest BCUT2D eigenvalue weighted by Crippen LogP contribution is 2.23. The molecule has 0 bridgehead atoms. The Bertz CT molecular complexity index is 1040. The average molecular weight is 428 g/mol. The number of halogens is 2. The Morgan fingerprint density at radius 2 is 1.93 bits per heavy atom. The van der Waals surface area contributed by atoms with Gasteiger partial charge < -0.3 is 15.2 Å². The molecule has 1 saturated heterocycles. The Balaban J connectivity index is 1.27. The van der Waals surface area contributed by atoms with E-state index in [1.165, 1.54) is 16.5 Å². The molecular formula is C23H23Cl2N3O. The fourth-order valence-electron chi connectivity index (χ4n) is 3.73. The first kappa shape index (κ1) is 20.0. The summed E-state index contributed by atoms with van der Waals surface area (Å²) in [7, 11) is 0. The summed E-state index contributed by atoms with van der Waals surface area (Å²) in [4.78, 5) is 17.7. The summed E-state index contributed by atoms with van der Waals surface area (Å²) >= 11 is 11.9. The zero-order valence-corrected chi connectivity index (χ0v) is 17.5. The maximum absolute atomic E-state index is 12.5. The number of carbonyl (C=O) groups is 1. The van der Waals surface area contributed by atoms with Gasteiger partial charge in [0.15, 0.2) is 0 Å². The average Bonchev–Trinajstić information content (AvgIpc) is 3.16. The largest absolute Gasteiger partial charge is 0.361 e. The number of aromatic nitrogens is 1. The number of nitrogens with zero attached hydrogens (tertiary/aromatic N) is 1. The predicted octanol–water partition coefficient (Wildman–Crippen LogP) is 5.27. The normalized spacial score (nSPS) is 15.4. The lowest BCUT2D eigenvalue weighted by Gasteiger charge is -2.32. The molecule has 4 rings (SSSR count). The lowest BCUT2D eigenvalue weighted by molar-refractivity contribution is -0.127. The van der Waals surface area contributed by atoms with Crippen LogP contribution in [0.3, 0.4) is 0 Å². The number of benzene rings is 2. The van der Waals surface area contributed by atoms with Gasteiger partial charge in [-0.15, -0.1) is 0 Å². The van der Waals surface area contributed by atoms with Gasteiger partial charge >= 0.3 is 0 Å². The minimum atomic E-state index is 0.0335. The van der Waals surface area contributed by atoms with E-state index >= 15 is 0 Å². The second-order valence-electron chi connectivity index (χ2n) is 7.35. The molecule has 0 aliphatic carbocycles. The van der Waals surface area contributed by atoms with Crippen molar-refractivity contribution in [2.75, 3.05) is 13.1 Å². The van der Waals surface area contributed by atoms with Crippen LogP contribution in [0.1, 0.15) is 24.0 Å². The Labute approximate surface area is 180 Å². The van der Waals surface area contributed by atoms with Crippen molar-refractivity contribution in [3.8, 4) is 0 Å². The monoisotopic (exact) mass is 427 g/mol. The molecule has 0 spiro atoms. The zero-order chi connectivity index (χ0) is 20.2. The van der Waals surface area contributed by atoms with Gasteiger partial charge in [-0.05, 0) is 48.2 Å². The minimum Gasteiger partial charge on any atom is -0.361 e. The minimum absolute atomic E-state index is 0.0335. The molecule has 0 radical (unpaired) electrons. The molecule has 4 nitrogen and oxygen atoms in total. The van der Waals surface area contributed by atoms with E-state index in [4.69, 9.17) is 23.2 Å². The van der Waals surface area contributed by atoms with E-state index in [-0.39, 0.29) is 5.91 Å². The van der Waals surface area contributed by atoms with Crippen LogP contribution in [0, 0.1) is 0 Å². The van der Waals surface area contributed by atoms with Crippen molar-refractivity contribution in [2.24, 2.45) is 0 Å². The Morgan fingerprint density at radius 1 is 1.14 bits per heavy atom. The maximum Gasteiger partial charge on any atom is 0.246 e. The molecule has 3 aromatic rings.